The van der Waals surface area contributed by atoms with Gasteiger partial charge in [0.1, 0.15) is 5.75 Å². The maximum Gasteiger partial charge on any atom is 0.122 e. The van der Waals surface area contributed by atoms with Gasteiger partial charge in [-0.1, -0.05) is 18.2 Å². The number of rotatable bonds is 5. The fourth-order valence-corrected chi connectivity index (χ4v) is 2.39. The predicted molar refractivity (Wildman–Crippen MR) is 68.3 cm³/mol. The lowest BCUT2D eigenvalue weighted by molar-refractivity contribution is 0.0586. The molecule has 1 aliphatic carbocycles. The summed E-state index contributed by atoms with van der Waals surface area (Å²) in [4.78, 5) is 0. The van der Waals surface area contributed by atoms with E-state index in [-0.39, 0.29) is 6.10 Å². The van der Waals surface area contributed by atoms with Gasteiger partial charge in [-0.2, -0.15) is 0 Å². The van der Waals surface area contributed by atoms with Gasteiger partial charge in [0.25, 0.3) is 0 Å². The van der Waals surface area contributed by atoms with Gasteiger partial charge in [0.05, 0.1) is 13.2 Å². The number of aliphatic hydroxyl groups is 1. The predicted octanol–water partition coefficient (Wildman–Crippen LogP) is 1.74. The van der Waals surface area contributed by atoms with Crippen molar-refractivity contribution in [2.75, 3.05) is 7.11 Å². The largest absolute Gasteiger partial charge is 0.496 e. The van der Waals surface area contributed by atoms with E-state index in [0.29, 0.717) is 12.1 Å². The maximum atomic E-state index is 9.24. The lowest BCUT2D eigenvalue weighted by Crippen LogP contribution is -2.48. The fourth-order valence-electron chi connectivity index (χ4n) is 2.39. The topological polar surface area (TPSA) is 41.5 Å². The van der Waals surface area contributed by atoms with E-state index in [9.17, 15) is 5.11 Å². The Morgan fingerprint density at radius 1 is 1.41 bits per heavy atom. The first kappa shape index (κ1) is 12.4. The lowest BCUT2D eigenvalue weighted by atomic mass is 9.88. The SMILES string of the molecule is COc1ccccc1CC(C)NC1CC(O)C1. The van der Waals surface area contributed by atoms with E-state index < -0.39 is 0 Å². The highest BCUT2D eigenvalue weighted by Gasteiger charge is 2.27. The lowest BCUT2D eigenvalue weighted by Gasteiger charge is -2.34. The van der Waals surface area contributed by atoms with E-state index in [2.05, 4.69) is 18.3 Å². The summed E-state index contributed by atoms with van der Waals surface area (Å²) < 4.78 is 5.34. The van der Waals surface area contributed by atoms with Gasteiger partial charge < -0.3 is 15.2 Å². The summed E-state index contributed by atoms with van der Waals surface area (Å²) in [6.45, 7) is 2.18. The van der Waals surface area contributed by atoms with Crippen LogP contribution in [0.2, 0.25) is 0 Å². The summed E-state index contributed by atoms with van der Waals surface area (Å²) in [6.07, 6.45) is 2.63. The second-order valence-electron chi connectivity index (χ2n) is 4.91. The highest BCUT2D eigenvalue weighted by Crippen LogP contribution is 2.22. The molecule has 0 aromatic heterocycles. The smallest absolute Gasteiger partial charge is 0.122 e. The molecule has 1 atom stereocenters. The van der Waals surface area contributed by atoms with E-state index in [1.807, 2.05) is 18.2 Å². The minimum atomic E-state index is -0.0917. The van der Waals surface area contributed by atoms with Crippen LogP contribution >= 0.6 is 0 Å². The van der Waals surface area contributed by atoms with Crippen LogP contribution in [0.5, 0.6) is 5.75 Å². The molecule has 2 N–H and O–H groups in total. The molecule has 0 bridgehead atoms. The van der Waals surface area contributed by atoms with Gasteiger partial charge in [-0.15, -0.1) is 0 Å². The number of ether oxygens (including phenoxy) is 1. The monoisotopic (exact) mass is 235 g/mol. The molecule has 94 valence electrons. The Morgan fingerprint density at radius 2 is 2.12 bits per heavy atom. The van der Waals surface area contributed by atoms with Gasteiger partial charge in [-0.05, 0) is 37.8 Å². The van der Waals surface area contributed by atoms with Crippen molar-refractivity contribution < 1.29 is 9.84 Å². The number of hydrogen-bond acceptors (Lipinski definition) is 3. The van der Waals surface area contributed by atoms with Gasteiger partial charge in [-0.25, -0.2) is 0 Å². The Kier molecular flexibility index (Phi) is 4.02. The van der Waals surface area contributed by atoms with Crippen molar-refractivity contribution >= 4 is 0 Å². The Bertz CT molecular complexity index is 361. The molecule has 1 aromatic rings. The second kappa shape index (κ2) is 5.52. The van der Waals surface area contributed by atoms with Crippen molar-refractivity contribution in [3.05, 3.63) is 29.8 Å². The van der Waals surface area contributed by atoms with E-state index in [1.165, 1.54) is 5.56 Å². The third kappa shape index (κ3) is 3.20. The first-order valence-corrected chi connectivity index (χ1v) is 6.25. The van der Waals surface area contributed by atoms with Crippen LogP contribution in [0.4, 0.5) is 0 Å². The molecule has 0 amide bonds. The van der Waals surface area contributed by atoms with Crippen LogP contribution in [0.3, 0.4) is 0 Å². The van der Waals surface area contributed by atoms with E-state index in [1.54, 1.807) is 7.11 Å². The molecule has 17 heavy (non-hydrogen) atoms. The summed E-state index contributed by atoms with van der Waals surface area (Å²) in [6, 6.07) is 9.01. The third-order valence-corrected chi connectivity index (χ3v) is 3.35. The number of para-hydroxylation sites is 1. The zero-order chi connectivity index (χ0) is 12.3. The van der Waals surface area contributed by atoms with Crippen molar-refractivity contribution in [2.45, 2.75) is 44.4 Å². The van der Waals surface area contributed by atoms with Crippen molar-refractivity contribution in [2.24, 2.45) is 0 Å². The van der Waals surface area contributed by atoms with E-state index in [4.69, 9.17) is 4.74 Å². The van der Waals surface area contributed by atoms with Crippen LogP contribution in [0, 0.1) is 0 Å². The normalized spacial score (nSPS) is 25.1. The molecule has 0 heterocycles. The molecule has 1 unspecified atom stereocenters. The first-order chi connectivity index (χ1) is 8.19. The van der Waals surface area contributed by atoms with Crippen molar-refractivity contribution in [1.82, 2.24) is 5.32 Å². The molecule has 0 saturated heterocycles. The molecule has 3 heteroatoms. The summed E-state index contributed by atoms with van der Waals surface area (Å²) in [5, 5.41) is 12.8. The molecule has 0 spiro atoms. The Morgan fingerprint density at radius 3 is 2.76 bits per heavy atom. The van der Waals surface area contributed by atoms with Crippen molar-refractivity contribution in [3.63, 3.8) is 0 Å². The van der Waals surface area contributed by atoms with Crippen LogP contribution in [0.25, 0.3) is 0 Å². The zero-order valence-electron chi connectivity index (χ0n) is 10.5. The molecule has 0 aliphatic heterocycles. The van der Waals surface area contributed by atoms with Gasteiger partial charge >= 0.3 is 0 Å². The summed E-state index contributed by atoms with van der Waals surface area (Å²) >= 11 is 0. The first-order valence-electron chi connectivity index (χ1n) is 6.25. The number of hydrogen-bond donors (Lipinski definition) is 2. The summed E-state index contributed by atoms with van der Waals surface area (Å²) in [5.41, 5.74) is 1.23. The number of benzene rings is 1. The molecule has 1 fully saturated rings. The molecule has 1 aliphatic rings. The van der Waals surface area contributed by atoms with Crippen LogP contribution in [0.15, 0.2) is 24.3 Å². The van der Waals surface area contributed by atoms with Crippen LogP contribution in [-0.4, -0.2) is 30.4 Å². The van der Waals surface area contributed by atoms with E-state index >= 15 is 0 Å². The molecular formula is C14H21NO2. The molecule has 1 saturated carbocycles. The highest BCUT2D eigenvalue weighted by atomic mass is 16.5. The van der Waals surface area contributed by atoms with Gasteiger partial charge in [-0.3, -0.25) is 0 Å². The quantitative estimate of drug-likeness (QED) is 0.817. The average molecular weight is 235 g/mol. The van der Waals surface area contributed by atoms with Crippen LogP contribution in [0.1, 0.15) is 25.3 Å². The number of nitrogens with one attached hydrogen (secondary N) is 1. The average Bonchev–Trinajstić information content (AvgIpc) is 2.27. The molecule has 3 nitrogen and oxygen atoms in total. The van der Waals surface area contributed by atoms with Crippen molar-refractivity contribution in [3.8, 4) is 5.75 Å². The Hall–Kier alpha value is -1.06. The zero-order valence-corrected chi connectivity index (χ0v) is 10.5. The molecule has 1 aromatic carbocycles. The standard InChI is InChI=1S/C14H21NO2/c1-10(15-12-8-13(16)9-12)7-11-5-3-4-6-14(11)17-2/h3-6,10,12-13,15-16H,7-9H2,1-2H3. The summed E-state index contributed by atoms with van der Waals surface area (Å²) in [7, 11) is 1.71. The maximum absolute atomic E-state index is 9.24. The Balaban J connectivity index is 1.86. The molecule has 2 rings (SSSR count). The van der Waals surface area contributed by atoms with Crippen LogP contribution in [-0.2, 0) is 6.42 Å². The van der Waals surface area contributed by atoms with E-state index in [0.717, 1.165) is 25.0 Å². The fraction of sp³-hybridized carbons (Fsp3) is 0.571. The minimum Gasteiger partial charge on any atom is -0.496 e. The Labute approximate surface area is 103 Å². The second-order valence-corrected chi connectivity index (χ2v) is 4.91. The number of aliphatic hydroxyl groups excluding tert-OH is 1. The van der Waals surface area contributed by atoms with Crippen molar-refractivity contribution in [1.29, 1.82) is 0 Å². The van der Waals surface area contributed by atoms with Gasteiger partial charge in [0.15, 0.2) is 0 Å². The number of methoxy groups -OCH3 is 1. The van der Waals surface area contributed by atoms with Crippen LogP contribution < -0.4 is 10.1 Å². The summed E-state index contributed by atoms with van der Waals surface area (Å²) in [5.74, 6) is 0.954. The van der Waals surface area contributed by atoms with Gasteiger partial charge in [0.2, 0.25) is 0 Å². The highest BCUT2D eigenvalue weighted by molar-refractivity contribution is 5.33. The third-order valence-electron chi connectivity index (χ3n) is 3.35. The minimum absolute atomic E-state index is 0.0917. The van der Waals surface area contributed by atoms with Gasteiger partial charge in [0, 0.05) is 12.1 Å². The molecule has 0 radical (unpaired) electrons. The molecular weight excluding hydrogens is 214 g/mol.